The summed E-state index contributed by atoms with van der Waals surface area (Å²) in [5.41, 5.74) is 3.78. The predicted octanol–water partition coefficient (Wildman–Crippen LogP) is 4.06. The van der Waals surface area contributed by atoms with Gasteiger partial charge in [-0.2, -0.15) is 0 Å². The van der Waals surface area contributed by atoms with E-state index in [-0.39, 0.29) is 18.0 Å². The molecule has 1 saturated carbocycles. The van der Waals surface area contributed by atoms with E-state index in [4.69, 9.17) is 0 Å². The van der Waals surface area contributed by atoms with E-state index in [0.717, 1.165) is 29.5 Å². The molecule has 0 spiro atoms. The van der Waals surface area contributed by atoms with Gasteiger partial charge in [0.05, 0.1) is 12.1 Å². The molecule has 0 unspecified atom stereocenters. The predicted molar refractivity (Wildman–Crippen MR) is 133 cm³/mol. The monoisotopic (exact) mass is 443 g/mol. The summed E-state index contributed by atoms with van der Waals surface area (Å²) >= 11 is 0. The van der Waals surface area contributed by atoms with Crippen molar-refractivity contribution in [2.45, 2.75) is 78.9 Å². The van der Waals surface area contributed by atoms with Crippen LogP contribution in [-0.2, 0) is 13.1 Å². The first-order valence-corrected chi connectivity index (χ1v) is 11.9. The van der Waals surface area contributed by atoms with E-state index in [1.165, 1.54) is 32.1 Å². The summed E-state index contributed by atoms with van der Waals surface area (Å²) in [5.74, 6) is -0.176. The molecule has 0 atom stereocenters. The number of aromatic amines is 1. The summed E-state index contributed by atoms with van der Waals surface area (Å²) in [5, 5.41) is 8.84. The molecule has 7 nitrogen and oxygen atoms in total. The molecule has 0 radical (unpaired) electrons. The Balaban J connectivity index is 0.000000336. The van der Waals surface area contributed by atoms with Crippen LogP contribution in [0.5, 0.6) is 0 Å². The van der Waals surface area contributed by atoms with Crippen LogP contribution in [0.2, 0.25) is 0 Å². The lowest BCUT2D eigenvalue weighted by Crippen LogP contribution is -2.29. The van der Waals surface area contributed by atoms with Crippen molar-refractivity contribution in [2.24, 2.45) is 0 Å². The lowest BCUT2D eigenvalue weighted by Gasteiger charge is -2.27. The smallest absolute Gasteiger partial charge is 0.269 e. The number of aryl methyl sites for hydroxylation is 1. The first-order chi connectivity index (χ1) is 15.3. The Morgan fingerprint density at radius 3 is 2.38 bits per heavy atom. The number of hydrogen-bond acceptors (Lipinski definition) is 4. The largest absolute Gasteiger partial charge is 0.385 e. The number of nitrogens with zero attached hydrogens (tertiary/aromatic N) is 2. The molecule has 2 aromatic rings. The van der Waals surface area contributed by atoms with Crippen LogP contribution < -0.4 is 16.2 Å². The highest BCUT2D eigenvalue weighted by molar-refractivity contribution is 5.97. The second kappa shape index (κ2) is 12.5. The Hall–Kier alpha value is -2.54. The van der Waals surface area contributed by atoms with Gasteiger partial charge in [0.15, 0.2) is 0 Å². The summed E-state index contributed by atoms with van der Waals surface area (Å²) < 4.78 is 1.78. The zero-order chi connectivity index (χ0) is 23.7. The second-order valence-electron chi connectivity index (χ2n) is 8.70. The maximum atomic E-state index is 12.4. The molecule has 0 bridgehead atoms. The van der Waals surface area contributed by atoms with Crippen molar-refractivity contribution in [3.63, 3.8) is 0 Å². The third-order valence-corrected chi connectivity index (χ3v) is 6.34. The number of carbonyl (C=O) groups excluding carboxylic acids is 1. The van der Waals surface area contributed by atoms with Gasteiger partial charge in [-0.05, 0) is 72.3 Å². The molecular weight excluding hydrogens is 402 g/mol. The van der Waals surface area contributed by atoms with E-state index in [0.29, 0.717) is 17.7 Å². The van der Waals surface area contributed by atoms with Gasteiger partial charge >= 0.3 is 0 Å². The molecule has 1 aromatic carbocycles. The number of anilines is 1. The number of hydrogen-bond donors (Lipinski definition) is 3. The minimum atomic E-state index is -0.176. The number of carbonyl (C=O) groups is 1. The minimum Gasteiger partial charge on any atom is -0.385 e. The van der Waals surface area contributed by atoms with Gasteiger partial charge < -0.3 is 15.5 Å². The first kappa shape index (κ1) is 25.7. The van der Waals surface area contributed by atoms with Crippen LogP contribution in [0.4, 0.5) is 5.69 Å². The van der Waals surface area contributed by atoms with Crippen LogP contribution in [0.25, 0.3) is 0 Å². The topological polar surface area (TPSA) is 82.2 Å². The van der Waals surface area contributed by atoms with Crippen LogP contribution in [0.1, 0.15) is 73.1 Å². The molecule has 178 valence electrons. The molecule has 1 aromatic heterocycles. The summed E-state index contributed by atoms with van der Waals surface area (Å²) in [6.07, 6.45) is 7.20. The fraction of sp³-hybridized carbons (Fsp3) is 0.600. The summed E-state index contributed by atoms with van der Waals surface area (Å²) in [6, 6.07) is 6.48. The average molecular weight is 444 g/mol. The molecule has 32 heavy (non-hydrogen) atoms. The zero-order valence-electron chi connectivity index (χ0n) is 20.7. The van der Waals surface area contributed by atoms with E-state index in [9.17, 15) is 9.59 Å². The van der Waals surface area contributed by atoms with Gasteiger partial charge in [0.25, 0.3) is 11.5 Å². The van der Waals surface area contributed by atoms with E-state index >= 15 is 0 Å². The third-order valence-electron chi connectivity index (χ3n) is 6.34. The van der Waals surface area contributed by atoms with E-state index < -0.39 is 0 Å². The molecule has 1 aliphatic rings. The number of amides is 1. The molecule has 0 saturated heterocycles. The van der Waals surface area contributed by atoms with Crippen molar-refractivity contribution in [3.05, 3.63) is 50.9 Å². The Morgan fingerprint density at radius 1 is 1.16 bits per heavy atom. The van der Waals surface area contributed by atoms with Crippen molar-refractivity contribution in [2.75, 3.05) is 26.0 Å². The van der Waals surface area contributed by atoms with Gasteiger partial charge in [0, 0.05) is 36.1 Å². The number of benzene rings is 1. The molecule has 3 N–H and O–H groups in total. The zero-order valence-corrected chi connectivity index (χ0v) is 20.7. The number of rotatable bonds is 7. The molecule has 0 aliphatic heterocycles. The SMILES string of the molecule is CCNc1cccc(C(=O)NCc2c(C)n(CC)[nH]c2=O)c1C.CN(C)C1CCCCC1. The third kappa shape index (κ3) is 6.73. The van der Waals surface area contributed by atoms with Gasteiger partial charge in [-0.15, -0.1) is 0 Å². The van der Waals surface area contributed by atoms with E-state index in [1.54, 1.807) is 10.7 Å². The molecule has 1 fully saturated rings. The molecule has 7 heteroatoms. The lowest BCUT2D eigenvalue weighted by atomic mass is 9.95. The Bertz CT molecular complexity index is 923. The average Bonchev–Trinajstić information content (AvgIpc) is 3.07. The van der Waals surface area contributed by atoms with Crippen LogP contribution in [0.15, 0.2) is 23.0 Å². The molecule has 1 amide bonds. The maximum Gasteiger partial charge on any atom is 0.269 e. The molecular formula is C25H41N5O2. The summed E-state index contributed by atoms with van der Waals surface area (Å²) in [7, 11) is 4.38. The summed E-state index contributed by atoms with van der Waals surface area (Å²) in [6.45, 7) is 9.47. The normalized spacial score (nSPS) is 14.1. The second-order valence-corrected chi connectivity index (χ2v) is 8.70. The van der Waals surface area contributed by atoms with Gasteiger partial charge in [0.2, 0.25) is 0 Å². The fourth-order valence-electron chi connectivity index (χ4n) is 4.25. The Kier molecular flexibility index (Phi) is 10.0. The lowest BCUT2D eigenvalue weighted by molar-refractivity contribution is 0.0950. The van der Waals surface area contributed by atoms with Crippen LogP contribution in [-0.4, -0.2) is 47.3 Å². The highest BCUT2D eigenvalue weighted by Crippen LogP contribution is 2.20. The van der Waals surface area contributed by atoms with Crippen molar-refractivity contribution < 1.29 is 4.79 Å². The Morgan fingerprint density at radius 2 is 1.84 bits per heavy atom. The van der Waals surface area contributed by atoms with Gasteiger partial charge in [-0.25, -0.2) is 0 Å². The van der Waals surface area contributed by atoms with Gasteiger partial charge in [-0.3, -0.25) is 19.4 Å². The summed E-state index contributed by atoms with van der Waals surface area (Å²) in [4.78, 5) is 26.7. The Labute approximate surface area is 192 Å². The molecule has 1 aliphatic carbocycles. The van der Waals surface area contributed by atoms with Crippen molar-refractivity contribution in [3.8, 4) is 0 Å². The van der Waals surface area contributed by atoms with E-state index in [1.807, 2.05) is 39.8 Å². The number of nitrogens with one attached hydrogen (secondary N) is 3. The van der Waals surface area contributed by atoms with Crippen molar-refractivity contribution in [1.82, 2.24) is 20.0 Å². The van der Waals surface area contributed by atoms with Crippen LogP contribution in [0, 0.1) is 13.8 Å². The minimum absolute atomic E-state index is 0.150. The fourth-order valence-corrected chi connectivity index (χ4v) is 4.25. The van der Waals surface area contributed by atoms with Crippen molar-refractivity contribution in [1.29, 1.82) is 0 Å². The highest BCUT2D eigenvalue weighted by atomic mass is 16.2. The molecule has 1 heterocycles. The highest BCUT2D eigenvalue weighted by Gasteiger charge is 2.15. The van der Waals surface area contributed by atoms with Gasteiger partial charge in [-0.1, -0.05) is 25.3 Å². The first-order valence-electron chi connectivity index (χ1n) is 11.9. The number of H-pyrrole nitrogens is 1. The standard InChI is InChI=1S/C17H24N4O2.C8H17N/c1-5-18-15-9-7-8-13(11(15)3)16(22)19-10-14-12(4)21(6-2)20-17(14)23;1-9(2)8-6-4-3-5-7-8/h7-9,18H,5-6,10H2,1-4H3,(H,19,22)(H,20,23);8H,3-7H2,1-2H3. The molecule has 3 rings (SSSR count). The van der Waals surface area contributed by atoms with E-state index in [2.05, 4.69) is 34.7 Å². The number of aromatic nitrogens is 2. The van der Waals surface area contributed by atoms with Crippen LogP contribution >= 0.6 is 0 Å². The maximum absolute atomic E-state index is 12.4. The quantitative estimate of drug-likeness (QED) is 0.603. The van der Waals surface area contributed by atoms with Crippen LogP contribution in [0.3, 0.4) is 0 Å². The van der Waals surface area contributed by atoms with Gasteiger partial charge in [0.1, 0.15) is 0 Å². The van der Waals surface area contributed by atoms with Crippen molar-refractivity contribution >= 4 is 11.6 Å².